The van der Waals surface area contributed by atoms with E-state index in [1.807, 2.05) is 53.8 Å². The number of aromatic amines is 1. The van der Waals surface area contributed by atoms with Gasteiger partial charge < -0.3 is 20.1 Å². The molecule has 6 aromatic heterocycles. The molecule has 1 fully saturated rings. The largest absolute Gasteiger partial charge is 0.354 e. The number of likely N-dealkylation sites (N-methyl/N-ethyl adjacent to an activating group) is 1. The number of hydrogen-bond acceptors (Lipinski definition) is 7. The fraction of sp³-hybridized carbons (Fsp3) is 0.172. The monoisotopic (exact) mass is 501 g/mol. The average molecular weight is 502 g/mol. The van der Waals surface area contributed by atoms with E-state index in [9.17, 15) is 0 Å². The van der Waals surface area contributed by atoms with Gasteiger partial charge in [0.2, 0.25) is 0 Å². The third-order valence-electron chi connectivity index (χ3n) is 7.20. The van der Waals surface area contributed by atoms with E-state index in [-0.39, 0.29) is 0 Å². The molecule has 38 heavy (non-hydrogen) atoms. The van der Waals surface area contributed by atoms with E-state index in [0.29, 0.717) is 0 Å². The van der Waals surface area contributed by atoms with Crippen LogP contribution in [0.2, 0.25) is 0 Å². The fourth-order valence-electron chi connectivity index (χ4n) is 5.07. The van der Waals surface area contributed by atoms with Crippen LogP contribution in [0.5, 0.6) is 0 Å². The Morgan fingerprint density at radius 1 is 0.842 bits per heavy atom. The molecule has 0 aromatic carbocycles. The smallest absolute Gasteiger partial charge is 0.138 e. The standard InChI is InChI=1S/C29H27N9/c1-36-9-11-37(12-10-36)28-15-22(4-7-31-28)35-23-14-24-25(18-33-29(24)32-17-23)20-5-8-38-27(13-20)26(19-34-38)21-3-2-6-30-16-21/h2-8,13-19H,9-12H2,1H3,(H,31,35)(H,32,33). The first-order chi connectivity index (χ1) is 18.7. The lowest BCUT2D eigenvalue weighted by Crippen LogP contribution is -2.44. The molecule has 0 unspecified atom stereocenters. The van der Waals surface area contributed by atoms with Gasteiger partial charge in [0.05, 0.1) is 23.6 Å². The van der Waals surface area contributed by atoms with E-state index in [1.165, 1.54) is 0 Å². The number of nitrogens with zero attached hydrogens (tertiary/aromatic N) is 7. The zero-order valence-corrected chi connectivity index (χ0v) is 21.0. The van der Waals surface area contributed by atoms with Gasteiger partial charge in [-0.1, -0.05) is 6.07 Å². The number of hydrogen-bond donors (Lipinski definition) is 2. The lowest BCUT2D eigenvalue weighted by Gasteiger charge is -2.33. The number of anilines is 3. The second kappa shape index (κ2) is 9.28. The average Bonchev–Trinajstić information content (AvgIpc) is 3.58. The molecule has 0 atom stereocenters. The maximum Gasteiger partial charge on any atom is 0.138 e. The van der Waals surface area contributed by atoms with Crippen LogP contribution >= 0.6 is 0 Å². The zero-order valence-electron chi connectivity index (χ0n) is 21.0. The quantitative estimate of drug-likeness (QED) is 0.350. The number of pyridine rings is 4. The molecular weight excluding hydrogens is 474 g/mol. The van der Waals surface area contributed by atoms with E-state index >= 15 is 0 Å². The van der Waals surface area contributed by atoms with Crippen molar-refractivity contribution in [2.24, 2.45) is 0 Å². The minimum atomic E-state index is 0.847. The van der Waals surface area contributed by atoms with Crippen LogP contribution in [0.25, 0.3) is 38.8 Å². The van der Waals surface area contributed by atoms with Crippen LogP contribution in [-0.2, 0) is 0 Å². The third kappa shape index (κ3) is 4.12. The minimum Gasteiger partial charge on any atom is -0.354 e. The van der Waals surface area contributed by atoms with Gasteiger partial charge in [0.15, 0.2) is 0 Å². The summed E-state index contributed by atoms with van der Waals surface area (Å²) in [5.41, 5.74) is 8.07. The molecule has 0 radical (unpaired) electrons. The van der Waals surface area contributed by atoms with E-state index in [4.69, 9.17) is 0 Å². The number of fused-ring (bicyclic) bond motifs is 2. The Bertz CT molecular complexity index is 1730. The van der Waals surface area contributed by atoms with Crippen molar-refractivity contribution in [3.05, 3.63) is 85.8 Å². The second-order valence-corrected chi connectivity index (χ2v) is 9.69. The number of nitrogens with one attached hydrogen (secondary N) is 2. The van der Waals surface area contributed by atoms with Crippen molar-refractivity contribution >= 4 is 33.7 Å². The van der Waals surface area contributed by atoms with Gasteiger partial charge in [-0.2, -0.15) is 5.10 Å². The summed E-state index contributed by atoms with van der Waals surface area (Å²) >= 11 is 0. The molecule has 0 amide bonds. The number of aromatic nitrogens is 6. The van der Waals surface area contributed by atoms with Crippen molar-refractivity contribution in [2.45, 2.75) is 0 Å². The third-order valence-corrected chi connectivity index (χ3v) is 7.20. The van der Waals surface area contributed by atoms with Gasteiger partial charge in [-0.25, -0.2) is 14.5 Å². The maximum atomic E-state index is 4.69. The predicted octanol–water partition coefficient (Wildman–Crippen LogP) is 4.83. The normalized spacial score (nSPS) is 14.4. The van der Waals surface area contributed by atoms with Crippen LogP contribution in [0.3, 0.4) is 0 Å². The van der Waals surface area contributed by atoms with Crippen LogP contribution in [0.1, 0.15) is 0 Å². The van der Waals surface area contributed by atoms with Crippen LogP contribution in [-0.4, -0.2) is 67.7 Å². The van der Waals surface area contributed by atoms with Crippen molar-refractivity contribution < 1.29 is 0 Å². The highest BCUT2D eigenvalue weighted by molar-refractivity contribution is 5.97. The molecule has 2 N–H and O–H groups in total. The first-order valence-electron chi connectivity index (χ1n) is 12.7. The highest BCUT2D eigenvalue weighted by Gasteiger charge is 2.16. The van der Waals surface area contributed by atoms with Gasteiger partial charge in [0.25, 0.3) is 0 Å². The molecule has 7 rings (SSSR count). The van der Waals surface area contributed by atoms with Crippen LogP contribution < -0.4 is 10.2 Å². The molecule has 188 valence electrons. The molecule has 0 spiro atoms. The zero-order chi connectivity index (χ0) is 25.5. The summed E-state index contributed by atoms with van der Waals surface area (Å²) in [4.78, 5) is 21.6. The second-order valence-electron chi connectivity index (χ2n) is 9.69. The molecule has 1 aliphatic heterocycles. The number of piperazine rings is 1. The summed E-state index contributed by atoms with van der Waals surface area (Å²) in [7, 11) is 2.16. The molecule has 9 nitrogen and oxygen atoms in total. The summed E-state index contributed by atoms with van der Waals surface area (Å²) in [6, 6.07) is 14.5. The molecule has 1 aliphatic rings. The Kier molecular flexibility index (Phi) is 5.48. The summed E-state index contributed by atoms with van der Waals surface area (Å²) < 4.78 is 1.90. The lowest BCUT2D eigenvalue weighted by molar-refractivity contribution is 0.312. The minimum absolute atomic E-state index is 0.847. The molecule has 7 heterocycles. The molecule has 0 bridgehead atoms. The highest BCUT2D eigenvalue weighted by atomic mass is 15.3. The molecular formula is C29H27N9. The Balaban J connectivity index is 1.21. The van der Waals surface area contributed by atoms with Crippen LogP contribution in [0.4, 0.5) is 17.2 Å². The Hall–Kier alpha value is -4.76. The SMILES string of the molecule is CN1CCN(c2cc(Nc3cnc4[nH]cc(-c5ccn6ncc(-c7cccnc7)c6c5)c4c3)ccn2)CC1. The van der Waals surface area contributed by atoms with E-state index in [1.54, 1.807) is 6.20 Å². The lowest BCUT2D eigenvalue weighted by atomic mass is 10.0. The Labute approximate surface area is 219 Å². The maximum absolute atomic E-state index is 4.69. The molecule has 1 saturated heterocycles. The van der Waals surface area contributed by atoms with Gasteiger partial charge in [0.1, 0.15) is 11.5 Å². The summed E-state index contributed by atoms with van der Waals surface area (Å²) in [5.74, 6) is 0.998. The first-order valence-corrected chi connectivity index (χ1v) is 12.7. The van der Waals surface area contributed by atoms with Gasteiger partial charge in [0, 0.05) is 91.0 Å². The summed E-state index contributed by atoms with van der Waals surface area (Å²) in [6.45, 7) is 4.06. The summed E-state index contributed by atoms with van der Waals surface area (Å²) in [6.07, 6.45) is 13.3. The van der Waals surface area contributed by atoms with Crippen LogP contribution in [0, 0.1) is 0 Å². The van der Waals surface area contributed by atoms with Crippen molar-refractivity contribution in [3.8, 4) is 22.3 Å². The van der Waals surface area contributed by atoms with Crippen molar-refractivity contribution in [1.82, 2.24) is 34.4 Å². The van der Waals surface area contributed by atoms with Crippen molar-refractivity contribution in [3.63, 3.8) is 0 Å². The predicted molar refractivity (Wildman–Crippen MR) is 151 cm³/mol. The van der Waals surface area contributed by atoms with E-state index < -0.39 is 0 Å². The fourth-order valence-corrected chi connectivity index (χ4v) is 5.07. The number of rotatable bonds is 5. The summed E-state index contributed by atoms with van der Waals surface area (Å²) in [5, 5.41) is 9.12. The van der Waals surface area contributed by atoms with Crippen LogP contribution in [0.15, 0.2) is 85.8 Å². The Morgan fingerprint density at radius 2 is 1.76 bits per heavy atom. The Morgan fingerprint density at radius 3 is 2.63 bits per heavy atom. The first kappa shape index (κ1) is 22.4. The highest BCUT2D eigenvalue weighted by Crippen LogP contribution is 2.33. The van der Waals surface area contributed by atoms with E-state index in [0.717, 1.165) is 82.2 Å². The van der Waals surface area contributed by atoms with E-state index in [2.05, 4.69) is 77.5 Å². The van der Waals surface area contributed by atoms with Gasteiger partial charge in [-0.15, -0.1) is 0 Å². The van der Waals surface area contributed by atoms with Gasteiger partial charge in [-0.3, -0.25) is 4.98 Å². The van der Waals surface area contributed by atoms with Crippen molar-refractivity contribution in [1.29, 1.82) is 0 Å². The number of H-pyrrole nitrogens is 1. The molecule has 6 aromatic rings. The van der Waals surface area contributed by atoms with Crippen molar-refractivity contribution in [2.75, 3.05) is 43.4 Å². The van der Waals surface area contributed by atoms with Gasteiger partial charge in [-0.05, 0) is 42.9 Å². The van der Waals surface area contributed by atoms with Gasteiger partial charge >= 0.3 is 0 Å². The molecule has 9 heteroatoms. The topological polar surface area (TPSA) is 90.3 Å². The molecule has 0 saturated carbocycles. The molecule has 0 aliphatic carbocycles.